The number of hydrogen-bond donors (Lipinski definition) is 2. The van der Waals surface area contributed by atoms with Crippen LogP contribution in [0.15, 0.2) is 24.3 Å². The lowest BCUT2D eigenvalue weighted by atomic mass is 10.1. The number of nitrogens with one attached hydrogen (secondary N) is 2. The zero-order valence-corrected chi connectivity index (χ0v) is 12.7. The summed E-state index contributed by atoms with van der Waals surface area (Å²) in [4.78, 5) is 11.8. The molecule has 1 rings (SSSR count). The highest BCUT2D eigenvalue weighted by molar-refractivity contribution is 5.92. The number of ether oxygens (including phenoxy) is 2. The Labute approximate surface area is 120 Å². The van der Waals surface area contributed by atoms with Crippen LogP contribution in [0, 0.1) is 0 Å². The van der Waals surface area contributed by atoms with E-state index >= 15 is 0 Å². The molecule has 5 heteroatoms. The van der Waals surface area contributed by atoms with Crippen molar-refractivity contribution in [2.75, 3.05) is 32.2 Å². The quantitative estimate of drug-likeness (QED) is 0.750. The second kappa shape index (κ2) is 7.87. The van der Waals surface area contributed by atoms with Crippen molar-refractivity contribution < 1.29 is 14.3 Å². The van der Waals surface area contributed by atoms with Gasteiger partial charge in [-0.15, -0.1) is 0 Å². The third-order valence-electron chi connectivity index (χ3n) is 2.45. The van der Waals surface area contributed by atoms with Crippen LogP contribution in [-0.4, -0.2) is 38.3 Å². The molecule has 2 N–H and O–H groups in total. The molecule has 0 spiro atoms. The largest absolute Gasteiger partial charge is 0.491 e. The van der Waals surface area contributed by atoms with Crippen LogP contribution in [0.25, 0.3) is 0 Å². The first kappa shape index (κ1) is 16.5. The second-order valence-electron chi connectivity index (χ2n) is 5.52. The number of carbonyl (C=O) groups is 1. The van der Waals surface area contributed by atoms with Crippen LogP contribution in [-0.2, 0) is 9.53 Å². The Balaban J connectivity index is 2.46. The topological polar surface area (TPSA) is 59.6 Å². The van der Waals surface area contributed by atoms with Crippen LogP contribution in [0.4, 0.5) is 5.69 Å². The van der Waals surface area contributed by atoms with Gasteiger partial charge in [-0.3, -0.25) is 4.79 Å². The van der Waals surface area contributed by atoms with Crippen molar-refractivity contribution in [2.24, 2.45) is 0 Å². The fourth-order valence-corrected chi connectivity index (χ4v) is 1.46. The Morgan fingerprint density at radius 3 is 2.65 bits per heavy atom. The van der Waals surface area contributed by atoms with E-state index in [1.807, 2.05) is 39.0 Å². The minimum Gasteiger partial charge on any atom is -0.491 e. The van der Waals surface area contributed by atoms with Crippen LogP contribution in [0.5, 0.6) is 5.75 Å². The SMILES string of the molecule is COCCOc1cccc(NC(=O)CNC(C)(C)C)c1. The van der Waals surface area contributed by atoms with Gasteiger partial charge < -0.3 is 20.1 Å². The highest BCUT2D eigenvalue weighted by Crippen LogP contribution is 2.17. The van der Waals surface area contributed by atoms with Crippen LogP contribution in [0.2, 0.25) is 0 Å². The summed E-state index contributed by atoms with van der Waals surface area (Å²) in [6, 6.07) is 7.32. The number of rotatable bonds is 7. The molecule has 0 aromatic heterocycles. The molecule has 20 heavy (non-hydrogen) atoms. The maximum atomic E-state index is 11.8. The molecule has 112 valence electrons. The molecule has 0 unspecified atom stereocenters. The predicted octanol–water partition coefficient (Wildman–Crippen LogP) is 2.04. The highest BCUT2D eigenvalue weighted by atomic mass is 16.5. The van der Waals surface area contributed by atoms with Crippen molar-refractivity contribution in [1.82, 2.24) is 5.32 Å². The van der Waals surface area contributed by atoms with Gasteiger partial charge in [0.05, 0.1) is 13.2 Å². The molecule has 0 heterocycles. The number of amides is 1. The van der Waals surface area contributed by atoms with Gasteiger partial charge in [-0.1, -0.05) is 6.07 Å². The highest BCUT2D eigenvalue weighted by Gasteiger charge is 2.11. The fourth-order valence-electron chi connectivity index (χ4n) is 1.46. The lowest BCUT2D eigenvalue weighted by Crippen LogP contribution is -2.41. The van der Waals surface area contributed by atoms with E-state index in [-0.39, 0.29) is 18.0 Å². The number of anilines is 1. The number of carbonyl (C=O) groups excluding carboxylic acids is 1. The van der Waals surface area contributed by atoms with Crippen molar-refractivity contribution in [3.8, 4) is 5.75 Å². The molecule has 0 atom stereocenters. The fraction of sp³-hybridized carbons (Fsp3) is 0.533. The summed E-state index contributed by atoms with van der Waals surface area (Å²) < 4.78 is 10.4. The van der Waals surface area contributed by atoms with E-state index < -0.39 is 0 Å². The number of methoxy groups -OCH3 is 1. The molecule has 0 aliphatic heterocycles. The molecule has 0 aliphatic rings. The van der Waals surface area contributed by atoms with Crippen LogP contribution in [0.3, 0.4) is 0 Å². The van der Waals surface area contributed by atoms with Gasteiger partial charge in [0, 0.05) is 24.4 Å². The normalized spacial score (nSPS) is 11.2. The molecule has 0 saturated carbocycles. The van der Waals surface area contributed by atoms with E-state index in [2.05, 4.69) is 10.6 Å². The summed E-state index contributed by atoms with van der Waals surface area (Å²) >= 11 is 0. The van der Waals surface area contributed by atoms with Gasteiger partial charge in [0.25, 0.3) is 0 Å². The summed E-state index contributed by atoms with van der Waals surface area (Å²) in [6.45, 7) is 7.35. The number of benzene rings is 1. The monoisotopic (exact) mass is 280 g/mol. The average molecular weight is 280 g/mol. The van der Waals surface area contributed by atoms with Gasteiger partial charge in [0.1, 0.15) is 12.4 Å². The summed E-state index contributed by atoms with van der Waals surface area (Å²) in [7, 11) is 1.63. The lowest BCUT2D eigenvalue weighted by molar-refractivity contribution is -0.115. The summed E-state index contributed by atoms with van der Waals surface area (Å²) in [5, 5.41) is 5.97. The molecule has 0 saturated heterocycles. The van der Waals surface area contributed by atoms with Crippen molar-refractivity contribution in [1.29, 1.82) is 0 Å². The van der Waals surface area contributed by atoms with Crippen molar-refractivity contribution in [3.63, 3.8) is 0 Å². The first-order chi connectivity index (χ1) is 9.40. The Hall–Kier alpha value is -1.59. The molecule has 0 radical (unpaired) electrons. The molecular weight excluding hydrogens is 256 g/mol. The maximum absolute atomic E-state index is 11.8. The number of hydrogen-bond acceptors (Lipinski definition) is 4. The van der Waals surface area contributed by atoms with E-state index in [1.54, 1.807) is 13.2 Å². The van der Waals surface area contributed by atoms with Crippen molar-refractivity contribution >= 4 is 11.6 Å². The van der Waals surface area contributed by atoms with Crippen LogP contribution in [0.1, 0.15) is 20.8 Å². The zero-order chi connectivity index (χ0) is 15.0. The Bertz CT molecular complexity index is 427. The van der Waals surface area contributed by atoms with E-state index in [0.717, 1.165) is 5.69 Å². The molecule has 5 nitrogen and oxygen atoms in total. The van der Waals surface area contributed by atoms with Gasteiger partial charge in [-0.2, -0.15) is 0 Å². The second-order valence-corrected chi connectivity index (χ2v) is 5.52. The van der Waals surface area contributed by atoms with E-state index in [4.69, 9.17) is 9.47 Å². The van der Waals surface area contributed by atoms with Crippen LogP contribution >= 0.6 is 0 Å². The Kier molecular flexibility index (Phi) is 6.48. The first-order valence-electron chi connectivity index (χ1n) is 6.67. The smallest absolute Gasteiger partial charge is 0.238 e. The Morgan fingerprint density at radius 1 is 1.25 bits per heavy atom. The third kappa shape index (κ3) is 7.11. The van der Waals surface area contributed by atoms with Gasteiger partial charge >= 0.3 is 0 Å². The molecule has 1 aromatic rings. The van der Waals surface area contributed by atoms with E-state index in [9.17, 15) is 4.79 Å². The lowest BCUT2D eigenvalue weighted by Gasteiger charge is -2.20. The van der Waals surface area contributed by atoms with Crippen molar-refractivity contribution in [3.05, 3.63) is 24.3 Å². The standard InChI is InChI=1S/C15H24N2O3/c1-15(2,3)16-11-14(18)17-12-6-5-7-13(10-12)20-9-8-19-4/h5-7,10,16H,8-9,11H2,1-4H3,(H,17,18). The first-order valence-corrected chi connectivity index (χ1v) is 6.67. The van der Waals surface area contributed by atoms with Crippen molar-refractivity contribution in [2.45, 2.75) is 26.3 Å². The minimum atomic E-state index is -0.0809. The molecular formula is C15H24N2O3. The van der Waals surface area contributed by atoms with Gasteiger partial charge in [0.15, 0.2) is 0 Å². The molecule has 0 aliphatic carbocycles. The summed E-state index contributed by atoms with van der Waals surface area (Å²) in [5.41, 5.74) is 0.642. The summed E-state index contributed by atoms with van der Waals surface area (Å²) in [5.74, 6) is 0.637. The zero-order valence-electron chi connectivity index (χ0n) is 12.7. The molecule has 1 aromatic carbocycles. The van der Waals surface area contributed by atoms with Gasteiger partial charge in [-0.05, 0) is 32.9 Å². The minimum absolute atomic E-state index is 0.0750. The molecule has 0 fully saturated rings. The third-order valence-corrected chi connectivity index (χ3v) is 2.45. The molecule has 0 bridgehead atoms. The van der Waals surface area contributed by atoms with Crippen LogP contribution < -0.4 is 15.4 Å². The summed E-state index contributed by atoms with van der Waals surface area (Å²) in [6.07, 6.45) is 0. The van der Waals surface area contributed by atoms with E-state index in [1.165, 1.54) is 0 Å². The maximum Gasteiger partial charge on any atom is 0.238 e. The van der Waals surface area contributed by atoms with Gasteiger partial charge in [-0.25, -0.2) is 0 Å². The van der Waals surface area contributed by atoms with Gasteiger partial charge in [0.2, 0.25) is 5.91 Å². The molecule has 1 amide bonds. The van der Waals surface area contributed by atoms with E-state index in [0.29, 0.717) is 19.0 Å². The Morgan fingerprint density at radius 2 is 2.00 bits per heavy atom. The average Bonchev–Trinajstić information content (AvgIpc) is 2.36. The predicted molar refractivity (Wildman–Crippen MR) is 80.2 cm³/mol.